The van der Waals surface area contributed by atoms with Crippen LogP contribution in [0.2, 0.25) is 0 Å². The van der Waals surface area contributed by atoms with Crippen LogP contribution in [0.3, 0.4) is 0 Å². The first kappa shape index (κ1) is 22.9. The summed E-state index contributed by atoms with van der Waals surface area (Å²) in [6.45, 7) is 6.67. The fourth-order valence-electron chi connectivity index (χ4n) is 4.62. The van der Waals surface area contributed by atoms with Gasteiger partial charge in [0.05, 0.1) is 5.52 Å². The van der Waals surface area contributed by atoms with E-state index in [4.69, 9.17) is 0 Å². The zero-order valence-electron chi connectivity index (χ0n) is 19.5. The lowest BCUT2D eigenvalue weighted by Gasteiger charge is -2.35. The van der Waals surface area contributed by atoms with Crippen molar-refractivity contribution in [2.24, 2.45) is 5.92 Å². The number of rotatable bonds is 8. The lowest BCUT2D eigenvalue weighted by molar-refractivity contribution is -0.963. The number of nitrogens with one attached hydrogen (secondary N) is 2. The molecule has 2 N–H and O–H groups in total. The van der Waals surface area contributed by atoms with Crippen molar-refractivity contribution in [2.45, 2.75) is 45.7 Å². The van der Waals surface area contributed by atoms with Crippen molar-refractivity contribution in [1.29, 1.82) is 0 Å². The van der Waals surface area contributed by atoms with Crippen LogP contribution >= 0.6 is 0 Å². The number of para-hydroxylation sites is 1. The third-order valence-electron chi connectivity index (χ3n) is 6.26. The van der Waals surface area contributed by atoms with Crippen molar-refractivity contribution in [3.63, 3.8) is 0 Å². The standard InChI is InChI=1S/C27H32N4O2/c1-20(2)18-25(29-26(32)24-15-14-22-12-6-7-13-23(22)28-24)27(33)30-31(16-8-9-17-31)19-21-10-4-3-5-11-21/h3-7,10-15,20,25H,8-9,16-19H2,1-2H3,(H-,29,30,32,33)/p+1/t25-/m0/s1. The van der Waals surface area contributed by atoms with E-state index in [1.807, 2.05) is 48.5 Å². The number of benzene rings is 2. The van der Waals surface area contributed by atoms with Crippen molar-refractivity contribution in [3.05, 3.63) is 78.0 Å². The summed E-state index contributed by atoms with van der Waals surface area (Å²) in [5.41, 5.74) is 5.58. The maximum Gasteiger partial charge on any atom is 0.287 e. The molecule has 4 rings (SSSR count). The molecule has 2 heterocycles. The first-order chi connectivity index (χ1) is 15.9. The van der Waals surface area contributed by atoms with Gasteiger partial charge in [-0.25, -0.2) is 9.58 Å². The number of quaternary nitrogens is 1. The highest BCUT2D eigenvalue weighted by Gasteiger charge is 2.37. The Kier molecular flexibility index (Phi) is 7.04. The average molecular weight is 446 g/mol. The molecule has 1 atom stereocenters. The molecular weight excluding hydrogens is 412 g/mol. The molecule has 2 amide bonds. The quantitative estimate of drug-likeness (QED) is 0.510. The number of fused-ring (bicyclic) bond motifs is 1. The molecule has 1 aromatic heterocycles. The largest absolute Gasteiger partial charge is 0.339 e. The van der Waals surface area contributed by atoms with Crippen molar-refractivity contribution in [2.75, 3.05) is 13.1 Å². The smallest absolute Gasteiger partial charge is 0.287 e. The van der Waals surface area contributed by atoms with Crippen LogP contribution in [0.1, 0.15) is 49.2 Å². The summed E-state index contributed by atoms with van der Waals surface area (Å²) in [6, 6.07) is 20.9. The van der Waals surface area contributed by atoms with E-state index in [9.17, 15) is 9.59 Å². The number of nitrogens with zero attached hydrogens (tertiary/aromatic N) is 2. The Bertz CT molecular complexity index is 1110. The Morgan fingerprint density at radius 3 is 2.36 bits per heavy atom. The van der Waals surface area contributed by atoms with Crippen molar-refractivity contribution >= 4 is 22.7 Å². The van der Waals surface area contributed by atoms with Gasteiger partial charge in [0.1, 0.15) is 31.4 Å². The van der Waals surface area contributed by atoms with E-state index in [2.05, 4.69) is 41.7 Å². The summed E-state index contributed by atoms with van der Waals surface area (Å²) in [5, 5.41) is 3.94. The zero-order chi connectivity index (χ0) is 23.3. The number of likely N-dealkylation sites (tertiary alicyclic amines) is 1. The number of pyridine rings is 1. The maximum atomic E-state index is 13.4. The first-order valence-electron chi connectivity index (χ1n) is 11.8. The molecule has 33 heavy (non-hydrogen) atoms. The second-order valence-corrected chi connectivity index (χ2v) is 9.46. The minimum absolute atomic E-state index is 0.129. The van der Waals surface area contributed by atoms with Crippen LogP contribution in [0.25, 0.3) is 10.9 Å². The topological polar surface area (TPSA) is 71.1 Å². The van der Waals surface area contributed by atoms with Gasteiger partial charge in [0.25, 0.3) is 11.8 Å². The monoisotopic (exact) mass is 445 g/mol. The van der Waals surface area contributed by atoms with Crippen LogP contribution in [-0.2, 0) is 11.3 Å². The molecule has 0 bridgehead atoms. The Labute approximate surface area is 195 Å². The number of carbonyl (C=O) groups is 2. The van der Waals surface area contributed by atoms with Gasteiger partial charge in [0, 0.05) is 23.8 Å². The Hall–Kier alpha value is -3.25. The van der Waals surface area contributed by atoms with Gasteiger partial charge in [0.2, 0.25) is 0 Å². The third-order valence-corrected chi connectivity index (χ3v) is 6.26. The molecule has 2 aromatic carbocycles. The third kappa shape index (κ3) is 5.76. The maximum absolute atomic E-state index is 13.4. The molecule has 172 valence electrons. The highest BCUT2D eigenvalue weighted by molar-refractivity contribution is 5.97. The van der Waals surface area contributed by atoms with E-state index < -0.39 is 6.04 Å². The summed E-state index contributed by atoms with van der Waals surface area (Å²) >= 11 is 0. The van der Waals surface area contributed by atoms with Crippen LogP contribution < -0.4 is 10.7 Å². The number of hydrogen-bond acceptors (Lipinski definition) is 3. The molecule has 1 aliphatic heterocycles. The fraction of sp³-hybridized carbons (Fsp3) is 0.370. The van der Waals surface area contributed by atoms with Gasteiger partial charge in [-0.15, -0.1) is 0 Å². The van der Waals surface area contributed by atoms with Crippen LogP contribution in [0.4, 0.5) is 0 Å². The average Bonchev–Trinajstić information content (AvgIpc) is 3.26. The second kappa shape index (κ2) is 10.1. The second-order valence-electron chi connectivity index (χ2n) is 9.46. The Balaban J connectivity index is 1.50. The Morgan fingerprint density at radius 1 is 0.939 bits per heavy atom. The number of aromatic nitrogens is 1. The van der Waals surface area contributed by atoms with Crippen molar-refractivity contribution in [3.8, 4) is 0 Å². The van der Waals surface area contributed by atoms with Gasteiger partial charge in [-0.1, -0.05) is 68.4 Å². The summed E-state index contributed by atoms with van der Waals surface area (Å²) < 4.78 is 0.529. The molecule has 1 aliphatic rings. The number of amides is 2. The summed E-state index contributed by atoms with van der Waals surface area (Å²) in [4.78, 5) is 31.0. The van der Waals surface area contributed by atoms with E-state index in [1.165, 1.54) is 5.56 Å². The van der Waals surface area contributed by atoms with Gasteiger partial charge < -0.3 is 5.32 Å². The summed E-state index contributed by atoms with van der Waals surface area (Å²) in [6.07, 6.45) is 2.72. The van der Waals surface area contributed by atoms with Crippen molar-refractivity contribution < 1.29 is 14.2 Å². The fourth-order valence-corrected chi connectivity index (χ4v) is 4.62. The van der Waals surface area contributed by atoms with Gasteiger partial charge >= 0.3 is 0 Å². The lowest BCUT2D eigenvalue weighted by Crippen LogP contribution is -2.62. The molecule has 1 fully saturated rings. The number of carbonyl (C=O) groups excluding carboxylic acids is 2. The Morgan fingerprint density at radius 2 is 1.64 bits per heavy atom. The normalized spacial score (nSPS) is 16.0. The first-order valence-corrected chi connectivity index (χ1v) is 11.8. The lowest BCUT2D eigenvalue weighted by atomic mass is 10.0. The molecule has 0 radical (unpaired) electrons. The highest BCUT2D eigenvalue weighted by Crippen LogP contribution is 2.21. The molecular formula is C27H33N4O2+. The van der Waals surface area contributed by atoms with E-state index in [1.54, 1.807) is 6.07 Å². The molecule has 6 nitrogen and oxygen atoms in total. The summed E-state index contributed by atoms with van der Waals surface area (Å²) in [7, 11) is 0. The van der Waals surface area contributed by atoms with Crippen LogP contribution in [0.15, 0.2) is 66.7 Å². The van der Waals surface area contributed by atoms with Crippen LogP contribution in [-0.4, -0.2) is 40.5 Å². The van der Waals surface area contributed by atoms with E-state index in [-0.39, 0.29) is 17.7 Å². The van der Waals surface area contributed by atoms with Gasteiger partial charge in [-0.2, -0.15) is 5.43 Å². The zero-order valence-corrected chi connectivity index (χ0v) is 19.5. The molecule has 3 aromatic rings. The van der Waals surface area contributed by atoms with Gasteiger partial charge in [-0.05, 0) is 24.5 Å². The number of hydrogen-bond donors (Lipinski definition) is 2. The predicted molar refractivity (Wildman–Crippen MR) is 130 cm³/mol. The van der Waals surface area contributed by atoms with Gasteiger partial charge in [-0.3, -0.25) is 9.59 Å². The van der Waals surface area contributed by atoms with E-state index >= 15 is 0 Å². The minimum Gasteiger partial charge on any atom is -0.339 e. The molecule has 0 unspecified atom stereocenters. The van der Waals surface area contributed by atoms with Crippen LogP contribution in [0.5, 0.6) is 0 Å². The minimum atomic E-state index is -0.614. The molecule has 0 spiro atoms. The molecule has 0 aliphatic carbocycles. The summed E-state index contributed by atoms with van der Waals surface area (Å²) in [5.74, 6) is -0.194. The molecule has 1 saturated heterocycles. The predicted octanol–water partition coefficient (Wildman–Crippen LogP) is 4.22. The van der Waals surface area contributed by atoms with E-state index in [0.29, 0.717) is 16.7 Å². The highest BCUT2D eigenvalue weighted by atomic mass is 16.2. The molecule has 0 saturated carbocycles. The van der Waals surface area contributed by atoms with E-state index in [0.717, 1.165) is 43.4 Å². The van der Waals surface area contributed by atoms with Gasteiger partial charge in [0.15, 0.2) is 0 Å². The van der Waals surface area contributed by atoms with Crippen molar-refractivity contribution in [1.82, 2.24) is 15.7 Å². The SMILES string of the molecule is CC(C)C[C@H](NC(=O)c1ccc2ccccc2n1)C(=O)N[N+]1(Cc2ccccc2)CCCC1. The molecule has 6 heteroatoms. The van der Waals surface area contributed by atoms with Crippen LogP contribution in [0, 0.1) is 5.92 Å².